The number of hydrogen-bond donors (Lipinski definition) is 1. The van der Waals surface area contributed by atoms with Crippen LogP contribution in [0, 0.1) is 0 Å². The first-order chi connectivity index (χ1) is 12.6. The molecule has 1 unspecified atom stereocenters. The summed E-state index contributed by atoms with van der Waals surface area (Å²) in [5, 5.41) is 8.54. The maximum atomic E-state index is 5.82. The predicted octanol–water partition coefficient (Wildman–Crippen LogP) is 3.03. The summed E-state index contributed by atoms with van der Waals surface area (Å²) >= 11 is 0. The van der Waals surface area contributed by atoms with Crippen LogP contribution < -0.4 is 9.64 Å². The third-order valence-corrected chi connectivity index (χ3v) is 4.37. The van der Waals surface area contributed by atoms with Crippen LogP contribution >= 0.6 is 0 Å². The Hall–Kier alpha value is -2.67. The second-order valence-corrected chi connectivity index (χ2v) is 6.84. The number of H-pyrrole nitrogens is 1. The molecule has 7 heteroatoms. The van der Waals surface area contributed by atoms with Crippen LogP contribution in [-0.2, 0) is 4.74 Å². The van der Waals surface area contributed by atoms with Crippen molar-refractivity contribution in [1.29, 1.82) is 0 Å². The van der Waals surface area contributed by atoms with Crippen molar-refractivity contribution in [1.82, 2.24) is 20.2 Å². The van der Waals surface area contributed by atoms with Crippen molar-refractivity contribution < 1.29 is 9.47 Å². The summed E-state index contributed by atoms with van der Waals surface area (Å²) in [7, 11) is 0. The first-order valence-electron chi connectivity index (χ1n) is 8.94. The second-order valence-electron chi connectivity index (χ2n) is 6.84. The van der Waals surface area contributed by atoms with Gasteiger partial charge in [-0.15, -0.1) is 0 Å². The Bertz CT molecular complexity index is 908. The number of ether oxygens (including phenoxy) is 2. The summed E-state index contributed by atoms with van der Waals surface area (Å²) in [6.07, 6.45) is 1.92. The third kappa shape index (κ3) is 3.35. The number of morpholine rings is 1. The molecule has 7 nitrogen and oxygen atoms in total. The van der Waals surface area contributed by atoms with Gasteiger partial charge in [-0.2, -0.15) is 5.10 Å². The Morgan fingerprint density at radius 1 is 1.27 bits per heavy atom. The van der Waals surface area contributed by atoms with Crippen LogP contribution in [0.5, 0.6) is 5.75 Å². The summed E-state index contributed by atoms with van der Waals surface area (Å²) in [4.78, 5) is 11.1. The fourth-order valence-electron chi connectivity index (χ4n) is 3.21. The molecule has 0 spiro atoms. The van der Waals surface area contributed by atoms with E-state index in [4.69, 9.17) is 9.47 Å². The third-order valence-electron chi connectivity index (χ3n) is 4.37. The number of anilines is 1. The van der Waals surface area contributed by atoms with E-state index in [1.54, 1.807) is 6.33 Å². The quantitative estimate of drug-likeness (QED) is 0.777. The first-order valence-corrected chi connectivity index (χ1v) is 8.94. The van der Waals surface area contributed by atoms with Gasteiger partial charge in [0, 0.05) is 24.5 Å². The van der Waals surface area contributed by atoms with Crippen LogP contribution in [-0.4, -0.2) is 52.1 Å². The molecule has 26 heavy (non-hydrogen) atoms. The molecule has 1 fully saturated rings. The van der Waals surface area contributed by atoms with Gasteiger partial charge in [0.15, 0.2) is 0 Å². The molecule has 1 aliphatic rings. The van der Waals surface area contributed by atoms with Gasteiger partial charge in [0.2, 0.25) is 0 Å². The average molecular weight is 353 g/mol. The molecule has 3 aromatic rings. The maximum Gasteiger partial charge on any atom is 0.132 e. The number of aromatic amines is 1. The first kappa shape index (κ1) is 16.8. The van der Waals surface area contributed by atoms with E-state index in [1.165, 1.54) is 0 Å². The zero-order valence-corrected chi connectivity index (χ0v) is 15.3. The molecule has 4 rings (SSSR count). The number of nitrogens with one attached hydrogen (secondary N) is 1. The lowest BCUT2D eigenvalue weighted by molar-refractivity contribution is 0.0529. The Labute approximate surface area is 152 Å². The van der Waals surface area contributed by atoms with Crippen LogP contribution in [0.25, 0.3) is 22.3 Å². The van der Waals surface area contributed by atoms with E-state index >= 15 is 0 Å². The molecule has 0 radical (unpaired) electrons. The van der Waals surface area contributed by atoms with Crippen LogP contribution in [0.1, 0.15) is 20.8 Å². The van der Waals surface area contributed by atoms with Crippen molar-refractivity contribution in [3.05, 3.63) is 30.6 Å². The normalized spacial score (nSPS) is 17.8. The highest BCUT2D eigenvalue weighted by Crippen LogP contribution is 2.30. The molecule has 0 amide bonds. The molecule has 1 N–H and O–H groups in total. The van der Waals surface area contributed by atoms with Crippen LogP contribution in [0.3, 0.4) is 0 Å². The standard InChI is InChI=1S/C19H23N5O2/c1-12(2)26-14-4-5-16-15(8-14)19(23-22-16)17-9-18(21-11-20-17)24-6-7-25-13(3)10-24/h4-5,8-9,11-13H,6-7,10H2,1-3H3,(H,22,23). The fourth-order valence-corrected chi connectivity index (χ4v) is 3.21. The molecule has 1 atom stereocenters. The van der Waals surface area contributed by atoms with Gasteiger partial charge < -0.3 is 14.4 Å². The zero-order valence-electron chi connectivity index (χ0n) is 15.3. The molecule has 0 aliphatic carbocycles. The highest BCUT2D eigenvalue weighted by atomic mass is 16.5. The molecule has 1 saturated heterocycles. The Balaban J connectivity index is 1.70. The summed E-state index contributed by atoms with van der Waals surface area (Å²) in [5.41, 5.74) is 2.55. The lowest BCUT2D eigenvalue weighted by Gasteiger charge is -2.31. The molecule has 1 aliphatic heterocycles. The van der Waals surface area contributed by atoms with Gasteiger partial charge in [-0.3, -0.25) is 5.10 Å². The lowest BCUT2D eigenvalue weighted by Crippen LogP contribution is -2.41. The van der Waals surface area contributed by atoms with E-state index in [0.29, 0.717) is 6.61 Å². The minimum absolute atomic E-state index is 0.122. The van der Waals surface area contributed by atoms with Crippen molar-refractivity contribution in [3.8, 4) is 17.1 Å². The molecule has 1 aromatic carbocycles. The van der Waals surface area contributed by atoms with Crippen molar-refractivity contribution in [2.45, 2.75) is 33.0 Å². The number of fused-ring (bicyclic) bond motifs is 1. The van der Waals surface area contributed by atoms with Crippen molar-refractivity contribution in [2.75, 3.05) is 24.6 Å². The number of aromatic nitrogens is 4. The van der Waals surface area contributed by atoms with E-state index in [-0.39, 0.29) is 12.2 Å². The number of benzene rings is 1. The lowest BCUT2D eigenvalue weighted by atomic mass is 10.1. The second kappa shape index (κ2) is 6.92. The summed E-state index contributed by atoms with van der Waals surface area (Å²) in [5.74, 6) is 1.72. The summed E-state index contributed by atoms with van der Waals surface area (Å²) in [6.45, 7) is 8.47. The molecular weight excluding hydrogens is 330 g/mol. The van der Waals surface area contributed by atoms with Crippen molar-refractivity contribution >= 4 is 16.7 Å². The summed E-state index contributed by atoms with van der Waals surface area (Å²) < 4.78 is 11.4. The van der Waals surface area contributed by atoms with Crippen molar-refractivity contribution in [3.63, 3.8) is 0 Å². The Morgan fingerprint density at radius 3 is 2.96 bits per heavy atom. The van der Waals surface area contributed by atoms with Gasteiger partial charge in [0.25, 0.3) is 0 Å². The number of rotatable bonds is 4. The molecule has 136 valence electrons. The van der Waals surface area contributed by atoms with Crippen LogP contribution in [0.15, 0.2) is 30.6 Å². The van der Waals surface area contributed by atoms with Crippen LogP contribution in [0.2, 0.25) is 0 Å². The van der Waals surface area contributed by atoms with E-state index < -0.39 is 0 Å². The minimum Gasteiger partial charge on any atom is -0.491 e. The number of hydrogen-bond acceptors (Lipinski definition) is 6. The van der Waals surface area contributed by atoms with E-state index in [1.807, 2.05) is 38.1 Å². The molecule has 0 saturated carbocycles. The van der Waals surface area contributed by atoms with E-state index in [9.17, 15) is 0 Å². The molecular formula is C19H23N5O2. The van der Waals surface area contributed by atoms with Crippen molar-refractivity contribution in [2.24, 2.45) is 0 Å². The van der Waals surface area contributed by atoms with E-state index in [0.717, 1.165) is 46.9 Å². The molecule has 3 heterocycles. The fraction of sp³-hybridized carbons (Fsp3) is 0.421. The van der Waals surface area contributed by atoms with Gasteiger partial charge in [-0.05, 0) is 39.0 Å². The Morgan fingerprint density at radius 2 is 2.15 bits per heavy atom. The topological polar surface area (TPSA) is 76.2 Å². The molecule has 2 aromatic heterocycles. The maximum absolute atomic E-state index is 5.82. The van der Waals surface area contributed by atoms with Gasteiger partial charge in [-0.25, -0.2) is 9.97 Å². The van der Waals surface area contributed by atoms with E-state index in [2.05, 4.69) is 32.0 Å². The average Bonchev–Trinajstić information content (AvgIpc) is 3.04. The zero-order chi connectivity index (χ0) is 18.1. The van der Waals surface area contributed by atoms with Gasteiger partial charge in [-0.1, -0.05) is 0 Å². The van der Waals surface area contributed by atoms with Gasteiger partial charge in [0.05, 0.1) is 30.0 Å². The van der Waals surface area contributed by atoms with Gasteiger partial charge in [0.1, 0.15) is 23.6 Å². The monoisotopic (exact) mass is 353 g/mol. The molecule has 0 bridgehead atoms. The summed E-state index contributed by atoms with van der Waals surface area (Å²) in [6, 6.07) is 7.93. The minimum atomic E-state index is 0.122. The SMILES string of the molecule is CC(C)Oc1ccc2[nH]nc(-c3cc(N4CCOC(C)C4)ncn3)c2c1. The highest BCUT2D eigenvalue weighted by Gasteiger charge is 2.19. The number of nitrogens with zero attached hydrogens (tertiary/aromatic N) is 4. The largest absolute Gasteiger partial charge is 0.491 e. The highest BCUT2D eigenvalue weighted by molar-refractivity contribution is 5.93. The van der Waals surface area contributed by atoms with Gasteiger partial charge >= 0.3 is 0 Å². The smallest absolute Gasteiger partial charge is 0.132 e. The predicted molar refractivity (Wildman–Crippen MR) is 101 cm³/mol. The Kier molecular flexibility index (Phi) is 4.46. The van der Waals surface area contributed by atoms with Crippen LogP contribution in [0.4, 0.5) is 5.82 Å².